The van der Waals surface area contributed by atoms with Crippen LogP contribution in [0.15, 0.2) is 41.2 Å². The summed E-state index contributed by atoms with van der Waals surface area (Å²) in [5.74, 6) is -0.0798. The molecule has 3 rings (SSSR count). The Morgan fingerprint density at radius 2 is 1.84 bits per heavy atom. The van der Waals surface area contributed by atoms with Crippen molar-refractivity contribution in [2.45, 2.75) is 32.1 Å². The molecule has 0 radical (unpaired) electrons. The molecule has 0 spiro atoms. The van der Waals surface area contributed by atoms with E-state index in [9.17, 15) is 14.0 Å². The monoisotopic (exact) mass is 342 g/mol. The zero-order valence-corrected chi connectivity index (χ0v) is 14.8. The van der Waals surface area contributed by atoms with E-state index in [1.165, 1.54) is 12.1 Å². The van der Waals surface area contributed by atoms with E-state index in [1.807, 2.05) is 19.9 Å². The highest BCUT2D eigenvalue weighted by Crippen LogP contribution is 2.28. The van der Waals surface area contributed by atoms with Gasteiger partial charge >= 0.3 is 0 Å². The molecule has 1 aliphatic heterocycles. The van der Waals surface area contributed by atoms with Crippen molar-refractivity contribution in [2.75, 3.05) is 13.1 Å². The van der Waals surface area contributed by atoms with E-state index in [4.69, 9.17) is 0 Å². The molecule has 4 nitrogen and oxygen atoms in total. The summed E-state index contributed by atoms with van der Waals surface area (Å²) in [6.45, 7) is 5.20. The highest BCUT2D eigenvalue weighted by molar-refractivity contribution is 5.94. The van der Waals surface area contributed by atoms with Crippen molar-refractivity contribution in [1.29, 1.82) is 0 Å². The number of nitrogens with zero attached hydrogens (tertiary/aromatic N) is 2. The summed E-state index contributed by atoms with van der Waals surface area (Å²) in [6.07, 6.45) is 0.821. The van der Waals surface area contributed by atoms with E-state index >= 15 is 0 Å². The lowest BCUT2D eigenvalue weighted by Gasteiger charge is -2.18. The zero-order chi connectivity index (χ0) is 18.1. The maximum absolute atomic E-state index is 13.1. The third-order valence-electron chi connectivity index (χ3n) is 4.98. The lowest BCUT2D eigenvalue weighted by atomic mass is 9.98. The number of likely N-dealkylation sites (tertiary alicyclic amines) is 1. The van der Waals surface area contributed by atoms with Gasteiger partial charge in [-0.15, -0.1) is 0 Å². The second kappa shape index (κ2) is 6.82. The van der Waals surface area contributed by atoms with Crippen LogP contribution in [0.1, 0.15) is 53.7 Å². The maximum atomic E-state index is 13.1. The molecule has 0 bridgehead atoms. The van der Waals surface area contributed by atoms with Gasteiger partial charge in [0.2, 0.25) is 0 Å². The first kappa shape index (κ1) is 17.4. The van der Waals surface area contributed by atoms with Crippen LogP contribution in [0.3, 0.4) is 0 Å². The van der Waals surface area contributed by atoms with Gasteiger partial charge < -0.3 is 9.47 Å². The van der Waals surface area contributed by atoms with Gasteiger partial charge in [-0.3, -0.25) is 9.59 Å². The topological polar surface area (TPSA) is 42.3 Å². The van der Waals surface area contributed by atoms with E-state index in [2.05, 4.69) is 0 Å². The Balaban J connectivity index is 1.80. The fraction of sp³-hybridized carbons (Fsp3) is 0.400. The minimum atomic E-state index is -0.261. The van der Waals surface area contributed by atoms with Gasteiger partial charge in [-0.1, -0.05) is 26.0 Å². The first-order valence-electron chi connectivity index (χ1n) is 8.63. The second-order valence-corrected chi connectivity index (χ2v) is 6.98. The summed E-state index contributed by atoms with van der Waals surface area (Å²) in [4.78, 5) is 27.1. The number of pyridine rings is 1. The predicted molar refractivity (Wildman–Crippen MR) is 95.4 cm³/mol. The Morgan fingerprint density at radius 1 is 1.16 bits per heavy atom. The van der Waals surface area contributed by atoms with Crippen LogP contribution in [-0.2, 0) is 7.05 Å². The molecule has 1 saturated heterocycles. The molecule has 5 heteroatoms. The molecule has 1 amide bonds. The molecular weight excluding hydrogens is 319 g/mol. The van der Waals surface area contributed by atoms with Crippen LogP contribution >= 0.6 is 0 Å². The summed E-state index contributed by atoms with van der Waals surface area (Å²) in [5, 5.41) is 0. The van der Waals surface area contributed by atoms with Crippen molar-refractivity contribution in [3.8, 4) is 0 Å². The van der Waals surface area contributed by atoms with Crippen LogP contribution < -0.4 is 5.56 Å². The van der Waals surface area contributed by atoms with Crippen LogP contribution in [0.5, 0.6) is 0 Å². The second-order valence-electron chi connectivity index (χ2n) is 6.98. The van der Waals surface area contributed by atoms with Crippen molar-refractivity contribution in [3.05, 3.63) is 69.4 Å². The molecule has 1 fully saturated rings. The molecule has 2 aromatic rings. The van der Waals surface area contributed by atoms with E-state index in [0.29, 0.717) is 13.1 Å². The Hall–Kier alpha value is -2.43. The van der Waals surface area contributed by atoms with Crippen LogP contribution in [0, 0.1) is 5.82 Å². The lowest BCUT2D eigenvalue weighted by molar-refractivity contribution is 0.0788. The fourth-order valence-corrected chi connectivity index (χ4v) is 3.51. The average Bonchev–Trinajstić information content (AvgIpc) is 3.07. The SMILES string of the molecule is CC(C)c1ccc(C(=O)N2CC[C@@H](c3ccc(F)cc3)C2)c(=O)n1C. The standard InChI is InChI=1S/C20H23FN2O2/c1-13(2)18-9-8-17(19(24)22(18)3)20(25)23-11-10-15(12-23)14-4-6-16(21)7-5-14/h4-9,13,15H,10-12H2,1-3H3/t15-/m1/s1. The largest absolute Gasteiger partial charge is 0.338 e. The van der Waals surface area contributed by atoms with E-state index in [1.54, 1.807) is 34.7 Å². The Labute approximate surface area is 146 Å². The van der Waals surface area contributed by atoms with Crippen molar-refractivity contribution in [2.24, 2.45) is 7.05 Å². The molecule has 25 heavy (non-hydrogen) atoms. The third-order valence-corrected chi connectivity index (χ3v) is 4.98. The van der Waals surface area contributed by atoms with Crippen LogP contribution in [0.25, 0.3) is 0 Å². The summed E-state index contributed by atoms with van der Waals surface area (Å²) in [7, 11) is 1.71. The molecule has 1 aliphatic rings. The van der Waals surface area contributed by atoms with Gasteiger partial charge in [0.1, 0.15) is 11.4 Å². The van der Waals surface area contributed by atoms with Crippen LogP contribution in [-0.4, -0.2) is 28.5 Å². The van der Waals surface area contributed by atoms with Crippen molar-refractivity contribution in [1.82, 2.24) is 9.47 Å². The number of carbonyl (C=O) groups excluding carboxylic acids is 1. The number of benzene rings is 1. The van der Waals surface area contributed by atoms with E-state index in [0.717, 1.165) is 17.7 Å². The highest BCUT2D eigenvalue weighted by Gasteiger charge is 2.29. The quantitative estimate of drug-likeness (QED) is 0.859. The van der Waals surface area contributed by atoms with E-state index in [-0.39, 0.29) is 34.7 Å². The van der Waals surface area contributed by atoms with Crippen LogP contribution in [0.2, 0.25) is 0 Å². The Kier molecular flexibility index (Phi) is 4.75. The third kappa shape index (κ3) is 3.36. The van der Waals surface area contributed by atoms with Crippen LogP contribution in [0.4, 0.5) is 4.39 Å². The number of amides is 1. The summed E-state index contributed by atoms with van der Waals surface area (Å²) >= 11 is 0. The van der Waals surface area contributed by atoms with Gasteiger partial charge in [-0.05, 0) is 42.2 Å². The molecule has 1 aromatic carbocycles. The molecular formula is C20H23FN2O2. The zero-order valence-electron chi connectivity index (χ0n) is 14.8. The molecule has 132 valence electrons. The Morgan fingerprint density at radius 3 is 2.48 bits per heavy atom. The number of hydrogen-bond acceptors (Lipinski definition) is 2. The number of aromatic nitrogens is 1. The van der Waals surface area contributed by atoms with Gasteiger partial charge in [0, 0.05) is 31.7 Å². The number of halogens is 1. The molecule has 2 heterocycles. The minimum Gasteiger partial charge on any atom is -0.338 e. The van der Waals surface area contributed by atoms with Crippen molar-refractivity contribution < 1.29 is 9.18 Å². The van der Waals surface area contributed by atoms with E-state index < -0.39 is 0 Å². The number of carbonyl (C=O) groups is 1. The summed E-state index contributed by atoms with van der Waals surface area (Å²) in [6, 6.07) is 9.92. The molecule has 1 aromatic heterocycles. The van der Waals surface area contributed by atoms with Gasteiger partial charge in [-0.25, -0.2) is 4.39 Å². The lowest BCUT2D eigenvalue weighted by Crippen LogP contribution is -2.35. The maximum Gasteiger partial charge on any atom is 0.263 e. The fourth-order valence-electron chi connectivity index (χ4n) is 3.51. The smallest absolute Gasteiger partial charge is 0.263 e. The van der Waals surface area contributed by atoms with Gasteiger partial charge in [0.25, 0.3) is 11.5 Å². The highest BCUT2D eigenvalue weighted by atomic mass is 19.1. The Bertz CT molecular complexity index is 840. The van der Waals surface area contributed by atoms with Crippen molar-refractivity contribution in [3.63, 3.8) is 0 Å². The molecule has 0 aliphatic carbocycles. The molecule has 1 atom stereocenters. The average molecular weight is 342 g/mol. The molecule has 0 saturated carbocycles. The normalized spacial score (nSPS) is 17.3. The summed E-state index contributed by atoms with van der Waals surface area (Å²) < 4.78 is 14.6. The first-order valence-corrected chi connectivity index (χ1v) is 8.63. The summed E-state index contributed by atoms with van der Waals surface area (Å²) in [5.41, 5.74) is 1.90. The predicted octanol–water partition coefficient (Wildman–Crippen LogP) is 3.28. The molecule has 0 N–H and O–H groups in total. The number of hydrogen-bond donors (Lipinski definition) is 0. The van der Waals surface area contributed by atoms with Gasteiger partial charge in [0.05, 0.1) is 0 Å². The van der Waals surface area contributed by atoms with Gasteiger partial charge in [-0.2, -0.15) is 0 Å². The van der Waals surface area contributed by atoms with Crippen molar-refractivity contribution >= 4 is 5.91 Å². The number of rotatable bonds is 3. The molecule has 0 unspecified atom stereocenters. The minimum absolute atomic E-state index is 0.184. The van der Waals surface area contributed by atoms with Gasteiger partial charge in [0.15, 0.2) is 0 Å². The first-order chi connectivity index (χ1) is 11.9.